The SMILES string of the molecule is COc1ccc(CN2C(=O)CC(Sc3ccc(C)cc3)(C(=O)O)C2c2cc(OC)ccc2F)c(OC)c1. The minimum atomic E-state index is -1.70. The van der Waals surface area contributed by atoms with E-state index in [-0.39, 0.29) is 18.5 Å². The molecule has 0 radical (unpaired) electrons. The van der Waals surface area contributed by atoms with E-state index < -0.39 is 28.5 Å². The number of nitrogens with zero attached hydrogens (tertiary/aromatic N) is 1. The summed E-state index contributed by atoms with van der Waals surface area (Å²) in [5, 5.41) is 10.6. The lowest BCUT2D eigenvalue weighted by Gasteiger charge is -2.35. The van der Waals surface area contributed by atoms with Crippen molar-refractivity contribution in [1.82, 2.24) is 4.90 Å². The monoisotopic (exact) mass is 525 g/mol. The fourth-order valence-electron chi connectivity index (χ4n) is 4.59. The molecule has 2 atom stereocenters. The minimum Gasteiger partial charge on any atom is -0.497 e. The Balaban J connectivity index is 1.87. The van der Waals surface area contributed by atoms with Gasteiger partial charge in [0.25, 0.3) is 0 Å². The summed E-state index contributed by atoms with van der Waals surface area (Å²) in [6.45, 7) is 1.94. The average molecular weight is 526 g/mol. The van der Waals surface area contributed by atoms with Crippen LogP contribution in [-0.4, -0.2) is 48.0 Å². The number of carbonyl (C=O) groups is 2. The predicted octanol–water partition coefficient (Wildman–Crippen LogP) is 5.25. The fourth-order valence-corrected chi connectivity index (χ4v) is 5.93. The predicted molar refractivity (Wildman–Crippen MR) is 138 cm³/mol. The minimum absolute atomic E-state index is 0.0107. The van der Waals surface area contributed by atoms with E-state index >= 15 is 4.39 Å². The molecule has 4 rings (SSSR count). The van der Waals surface area contributed by atoms with E-state index in [9.17, 15) is 14.7 Å². The van der Waals surface area contributed by atoms with Crippen LogP contribution < -0.4 is 14.2 Å². The number of aryl methyl sites for hydroxylation is 1. The Labute approximate surface area is 219 Å². The van der Waals surface area contributed by atoms with Crippen LogP contribution in [0.2, 0.25) is 0 Å². The summed E-state index contributed by atoms with van der Waals surface area (Å²) in [6.07, 6.45) is -0.319. The van der Waals surface area contributed by atoms with Gasteiger partial charge in [-0.3, -0.25) is 9.59 Å². The van der Waals surface area contributed by atoms with Crippen molar-refractivity contribution in [2.45, 2.75) is 35.6 Å². The number of ether oxygens (including phenoxy) is 3. The summed E-state index contributed by atoms with van der Waals surface area (Å²) >= 11 is 1.05. The Bertz CT molecular complexity index is 1310. The lowest BCUT2D eigenvalue weighted by Crippen LogP contribution is -2.42. The topological polar surface area (TPSA) is 85.3 Å². The van der Waals surface area contributed by atoms with Crippen LogP contribution in [0.5, 0.6) is 17.2 Å². The first-order valence-electron chi connectivity index (χ1n) is 11.5. The van der Waals surface area contributed by atoms with Gasteiger partial charge in [0.05, 0.1) is 33.8 Å². The van der Waals surface area contributed by atoms with Crippen molar-refractivity contribution < 1.29 is 33.3 Å². The zero-order chi connectivity index (χ0) is 26.7. The highest BCUT2D eigenvalue weighted by atomic mass is 32.2. The van der Waals surface area contributed by atoms with Crippen molar-refractivity contribution in [3.05, 3.63) is 83.2 Å². The van der Waals surface area contributed by atoms with Gasteiger partial charge in [0.1, 0.15) is 23.1 Å². The zero-order valence-electron chi connectivity index (χ0n) is 21.0. The molecule has 1 aliphatic heterocycles. The Morgan fingerprint density at radius 2 is 1.68 bits per heavy atom. The second-order valence-corrected chi connectivity index (χ2v) is 10.2. The molecule has 0 saturated carbocycles. The Kier molecular flexibility index (Phi) is 7.63. The van der Waals surface area contributed by atoms with Crippen LogP contribution in [0.25, 0.3) is 0 Å². The second kappa shape index (κ2) is 10.7. The van der Waals surface area contributed by atoms with E-state index in [2.05, 4.69) is 0 Å². The molecule has 2 unspecified atom stereocenters. The number of rotatable bonds is 9. The van der Waals surface area contributed by atoms with Crippen LogP contribution in [0.3, 0.4) is 0 Å². The number of aliphatic carboxylic acids is 1. The number of likely N-dealkylation sites (tertiary alicyclic amines) is 1. The lowest BCUT2D eigenvalue weighted by atomic mass is 9.91. The van der Waals surface area contributed by atoms with Gasteiger partial charge in [-0.25, -0.2) is 4.39 Å². The number of carboxylic acids is 1. The molecule has 1 saturated heterocycles. The van der Waals surface area contributed by atoms with Gasteiger partial charge < -0.3 is 24.2 Å². The summed E-state index contributed by atoms with van der Waals surface area (Å²) < 4.78 is 29.8. The standard InChI is InChI=1S/C28H28FNO6S/c1-17-5-10-21(11-6-17)37-28(27(32)33)15-25(31)30(16-18-7-8-20(35-3)14-24(18)36-4)26(28)22-13-19(34-2)9-12-23(22)29/h5-14,26H,15-16H2,1-4H3,(H,32,33). The number of hydrogen-bond acceptors (Lipinski definition) is 6. The third kappa shape index (κ3) is 5.09. The largest absolute Gasteiger partial charge is 0.497 e. The zero-order valence-corrected chi connectivity index (χ0v) is 21.8. The van der Waals surface area contributed by atoms with Gasteiger partial charge in [0.2, 0.25) is 5.91 Å². The van der Waals surface area contributed by atoms with Gasteiger partial charge in [-0.05, 0) is 49.4 Å². The molecule has 7 nitrogen and oxygen atoms in total. The van der Waals surface area contributed by atoms with E-state index in [1.54, 1.807) is 18.2 Å². The summed E-state index contributed by atoms with van der Waals surface area (Å²) in [4.78, 5) is 28.6. The smallest absolute Gasteiger partial charge is 0.323 e. The molecule has 37 heavy (non-hydrogen) atoms. The normalized spacial score (nSPS) is 19.1. The van der Waals surface area contributed by atoms with Gasteiger partial charge in [0.15, 0.2) is 4.75 Å². The van der Waals surface area contributed by atoms with Gasteiger partial charge in [-0.2, -0.15) is 0 Å². The number of halogens is 1. The van der Waals surface area contributed by atoms with Crippen LogP contribution in [0.15, 0.2) is 65.6 Å². The third-order valence-electron chi connectivity index (χ3n) is 6.50. The van der Waals surface area contributed by atoms with E-state index in [1.165, 1.54) is 44.4 Å². The summed E-state index contributed by atoms with van der Waals surface area (Å²) in [6, 6.07) is 15.5. The maximum absolute atomic E-state index is 15.4. The summed E-state index contributed by atoms with van der Waals surface area (Å²) in [7, 11) is 4.48. The number of carbonyl (C=O) groups excluding carboxylic acids is 1. The molecular weight excluding hydrogens is 497 g/mol. The van der Waals surface area contributed by atoms with Crippen LogP contribution in [0.1, 0.15) is 29.2 Å². The maximum Gasteiger partial charge on any atom is 0.323 e. The van der Waals surface area contributed by atoms with E-state index in [1.807, 2.05) is 31.2 Å². The van der Waals surface area contributed by atoms with Crippen LogP contribution in [-0.2, 0) is 16.1 Å². The number of methoxy groups -OCH3 is 3. The van der Waals surface area contributed by atoms with Gasteiger partial charge in [-0.1, -0.05) is 17.7 Å². The first-order valence-corrected chi connectivity index (χ1v) is 12.4. The van der Waals surface area contributed by atoms with Crippen LogP contribution in [0, 0.1) is 12.7 Å². The highest BCUT2D eigenvalue weighted by Crippen LogP contribution is 2.54. The molecule has 1 amide bonds. The Hall–Kier alpha value is -3.72. The van der Waals surface area contributed by atoms with Gasteiger partial charge in [0, 0.05) is 28.6 Å². The maximum atomic E-state index is 15.4. The Morgan fingerprint density at radius 1 is 1.03 bits per heavy atom. The van der Waals surface area contributed by atoms with Gasteiger partial charge in [-0.15, -0.1) is 11.8 Å². The highest BCUT2D eigenvalue weighted by molar-refractivity contribution is 8.01. The van der Waals surface area contributed by atoms with Gasteiger partial charge >= 0.3 is 5.97 Å². The molecule has 1 N–H and O–H groups in total. The lowest BCUT2D eigenvalue weighted by molar-refractivity contribution is -0.140. The number of benzene rings is 3. The van der Waals surface area contributed by atoms with Crippen molar-refractivity contribution >= 4 is 23.6 Å². The molecule has 0 bridgehead atoms. The van der Waals surface area contributed by atoms with E-state index in [4.69, 9.17) is 14.2 Å². The second-order valence-electron chi connectivity index (χ2n) is 8.78. The van der Waals surface area contributed by atoms with Crippen molar-refractivity contribution in [3.63, 3.8) is 0 Å². The quantitative estimate of drug-likeness (QED) is 0.408. The van der Waals surface area contributed by atoms with Crippen molar-refractivity contribution in [1.29, 1.82) is 0 Å². The summed E-state index contributed by atoms with van der Waals surface area (Å²) in [5.41, 5.74) is 1.71. The number of hydrogen-bond donors (Lipinski definition) is 1. The van der Waals surface area contributed by atoms with Crippen LogP contribution in [0.4, 0.5) is 4.39 Å². The van der Waals surface area contributed by atoms with Crippen LogP contribution >= 0.6 is 11.8 Å². The first-order chi connectivity index (χ1) is 17.7. The molecule has 0 aromatic heterocycles. The summed E-state index contributed by atoms with van der Waals surface area (Å²) in [5.74, 6) is -0.843. The van der Waals surface area contributed by atoms with E-state index in [0.717, 1.165) is 17.3 Å². The van der Waals surface area contributed by atoms with Crippen molar-refractivity contribution in [2.75, 3.05) is 21.3 Å². The molecule has 0 aliphatic carbocycles. The number of thioether (sulfide) groups is 1. The number of amides is 1. The fraction of sp³-hybridized carbons (Fsp3) is 0.286. The van der Waals surface area contributed by atoms with E-state index in [0.29, 0.717) is 27.7 Å². The molecule has 9 heteroatoms. The highest BCUT2D eigenvalue weighted by Gasteiger charge is 2.59. The molecule has 0 spiro atoms. The molecule has 1 fully saturated rings. The molecule has 3 aromatic carbocycles. The first kappa shape index (κ1) is 26.3. The number of carboxylic acid groups (broad SMARTS) is 1. The molecule has 3 aromatic rings. The Morgan fingerprint density at radius 3 is 2.30 bits per heavy atom. The average Bonchev–Trinajstić information content (AvgIpc) is 3.17. The van der Waals surface area contributed by atoms with Crippen molar-refractivity contribution in [3.8, 4) is 17.2 Å². The van der Waals surface area contributed by atoms with Crippen molar-refractivity contribution in [2.24, 2.45) is 0 Å². The molecular formula is C28H28FNO6S. The third-order valence-corrected chi connectivity index (χ3v) is 7.92. The molecule has 1 heterocycles. The molecule has 194 valence electrons. The molecule has 1 aliphatic rings.